The van der Waals surface area contributed by atoms with E-state index in [0.717, 1.165) is 32.1 Å². The van der Waals surface area contributed by atoms with Crippen LogP contribution in [0.25, 0.3) is 0 Å². The molecule has 1 fully saturated rings. The Morgan fingerprint density at radius 1 is 1.45 bits per heavy atom. The van der Waals surface area contributed by atoms with Gasteiger partial charge in [-0.15, -0.1) is 0 Å². The van der Waals surface area contributed by atoms with Crippen LogP contribution in [0.2, 0.25) is 0 Å². The van der Waals surface area contributed by atoms with Gasteiger partial charge in [-0.05, 0) is 5.25 Å². The predicted octanol–water partition coefficient (Wildman–Crippen LogP) is 0.990. The molecule has 1 aliphatic heterocycles. The summed E-state index contributed by atoms with van der Waals surface area (Å²) in [6, 6.07) is 3.09. The summed E-state index contributed by atoms with van der Waals surface area (Å²) >= 11 is 1.66. The fourth-order valence-corrected chi connectivity index (χ4v) is 1.18. The Morgan fingerprint density at radius 3 is 2.82 bits per heavy atom. The van der Waals surface area contributed by atoms with Crippen LogP contribution in [0.15, 0.2) is 0 Å². The summed E-state index contributed by atoms with van der Waals surface area (Å²) in [6.45, 7) is 5.67. The third kappa shape index (κ3) is 3.54. The molecule has 1 heterocycles. The topological polar surface area (TPSA) is 12.5 Å². The number of rotatable bonds is 1. The number of thioether (sulfide) groups is 1. The minimum absolute atomic E-state index is 0.825. The first-order chi connectivity index (χ1) is 5.43. The lowest BCUT2D eigenvalue weighted by Gasteiger charge is -2.22. The maximum Gasteiger partial charge on any atom is 0.0649 e. The Bertz CT molecular complexity index is 155. The van der Waals surface area contributed by atoms with E-state index < -0.39 is 0 Å². The molecule has 62 valence electrons. The van der Waals surface area contributed by atoms with E-state index in [-0.39, 0.29) is 0 Å². The van der Waals surface area contributed by atoms with Gasteiger partial charge >= 0.3 is 0 Å². The van der Waals surface area contributed by atoms with Crippen molar-refractivity contribution in [3.63, 3.8) is 0 Å². The number of nitrogens with zero attached hydrogens (tertiary/aromatic N) is 1. The van der Waals surface area contributed by atoms with Gasteiger partial charge in [-0.3, -0.25) is 0 Å². The molecule has 0 saturated carbocycles. The molecule has 0 atom stereocenters. The van der Waals surface area contributed by atoms with Crippen LogP contribution in [0.5, 0.6) is 0 Å². The summed E-state index contributed by atoms with van der Waals surface area (Å²) in [7, 11) is 0. The number of morpholine rings is 1. The van der Waals surface area contributed by atoms with Gasteiger partial charge in [0.15, 0.2) is 0 Å². The van der Waals surface area contributed by atoms with Gasteiger partial charge in [0.1, 0.15) is 0 Å². The summed E-state index contributed by atoms with van der Waals surface area (Å²) in [5, 5.41) is 3.04. The Labute approximate surface area is 72.3 Å². The minimum Gasteiger partial charge on any atom is -0.378 e. The molecular formula is C8H13NOS. The lowest BCUT2D eigenvalue weighted by atomic mass is 10.5. The van der Waals surface area contributed by atoms with E-state index in [9.17, 15) is 0 Å². The quantitative estimate of drug-likeness (QED) is 0.546. The van der Waals surface area contributed by atoms with Gasteiger partial charge < -0.3 is 9.64 Å². The van der Waals surface area contributed by atoms with Gasteiger partial charge in [0.25, 0.3) is 0 Å². The minimum atomic E-state index is 0.825. The second kappa shape index (κ2) is 5.34. The average molecular weight is 171 g/mol. The van der Waals surface area contributed by atoms with Gasteiger partial charge in [0.2, 0.25) is 0 Å². The van der Waals surface area contributed by atoms with E-state index >= 15 is 0 Å². The van der Waals surface area contributed by atoms with Crippen LogP contribution in [-0.2, 0) is 4.74 Å². The molecule has 1 aliphatic rings. The van der Waals surface area contributed by atoms with Crippen molar-refractivity contribution < 1.29 is 4.74 Å². The van der Waals surface area contributed by atoms with Crippen molar-refractivity contribution in [3.8, 4) is 11.3 Å². The highest BCUT2D eigenvalue weighted by atomic mass is 32.2. The smallest absolute Gasteiger partial charge is 0.0649 e. The van der Waals surface area contributed by atoms with Crippen LogP contribution >= 0.6 is 11.8 Å². The Balaban J connectivity index is 2.19. The Morgan fingerprint density at radius 2 is 2.18 bits per heavy atom. The van der Waals surface area contributed by atoms with E-state index in [1.807, 2.05) is 0 Å². The molecule has 0 spiro atoms. The van der Waals surface area contributed by atoms with Crippen LogP contribution in [-0.4, -0.2) is 37.0 Å². The molecule has 0 unspecified atom stereocenters. The van der Waals surface area contributed by atoms with Crippen LogP contribution in [0, 0.1) is 11.3 Å². The third-order valence-electron chi connectivity index (χ3n) is 1.43. The van der Waals surface area contributed by atoms with Crippen molar-refractivity contribution >= 4 is 11.8 Å². The first-order valence-corrected chi connectivity index (χ1v) is 4.87. The zero-order valence-electron chi connectivity index (χ0n) is 6.80. The average Bonchev–Trinajstić information content (AvgIpc) is 2.07. The molecule has 1 rings (SSSR count). The Hall–Kier alpha value is -0.330. The standard InChI is InChI=1S/C8H13NOS/c1-2-11-8-5-9-3-6-10-7-4-9/h2-4,6-7H2,1H3. The largest absolute Gasteiger partial charge is 0.378 e. The summed E-state index contributed by atoms with van der Waals surface area (Å²) in [5.41, 5.74) is 0. The van der Waals surface area contributed by atoms with Crippen molar-refractivity contribution in [2.24, 2.45) is 0 Å². The zero-order chi connectivity index (χ0) is 7.94. The van der Waals surface area contributed by atoms with E-state index in [0.29, 0.717) is 0 Å². The lowest BCUT2D eigenvalue weighted by Crippen LogP contribution is -2.32. The van der Waals surface area contributed by atoms with E-state index in [1.165, 1.54) is 0 Å². The summed E-state index contributed by atoms with van der Waals surface area (Å²) in [5.74, 6) is 1.07. The molecule has 0 aromatic rings. The molecule has 1 saturated heterocycles. The van der Waals surface area contributed by atoms with Gasteiger partial charge in [-0.2, -0.15) is 0 Å². The fourth-order valence-electron chi connectivity index (χ4n) is 0.844. The van der Waals surface area contributed by atoms with Crippen LogP contribution in [0.1, 0.15) is 6.92 Å². The number of hydrogen-bond acceptors (Lipinski definition) is 3. The van der Waals surface area contributed by atoms with E-state index in [1.54, 1.807) is 11.8 Å². The first kappa shape index (κ1) is 8.76. The van der Waals surface area contributed by atoms with Gasteiger partial charge in [0, 0.05) is 24.9 Å². The van der Waals surface area contributed by atoms with Gasteiger partial charge in [-0.25, -0.2) is 0 Å². The summed E-state index contributed by atoms with van der Waals surface area (Å²) < 4.78 is 5.19. The predicted molar refractivity (Wildman–Crippen MR) is 48.3 cm³/mol. The van der Waals surface area contributed by atoms with Gasteiger partial charge in [-0.1, -0.05) is 18.7 Å². The van der Waals surface area contributed by atoms with E-state index in [2.05, 4.69) is 23.1 Å². The van der Waals surface area contributed by atoms with Crippen molar-refractivity contribution in [3.05, 3.63) is 0 Å². The number of ether oxygens (including phenoxy) is 1. The lowest BCUT2D eigenvalue weighted by molar-refractivity contribution is 0.0638. The maximum absolute atomic E-state index is 5.19. The SMILES string of the molecule is CCSC#CN1CCOCC1. The molecule has 0 aromatic carbocycles. The molecule has 2 nitrogen and oxygen atoms in total. The van der Waals surface area contributed by atoms with Crippen molar-refractivity contribution in [1.29, 1.82) is 0 Å². The summed E-state index contributed by atoms with van der Waals surface area (Å²) in [4.78, 5) is 2.12. The molecule has 11 heavy (non-hydrogen) atoms. The highest BCUT2D eigenvalue weighted by Crippen LogP contribution is 1.97. The molecule has 0 radical (unpaired) electrons. The van der Waals surface area contributed by atoms with Crippen molar-refractivity contribution in [2.75, 3.05) is 32.1 Å². The molecule has 0 N–H and O–H groups in total. The molecule has 0 aliphatic carbocycles. The third-order valence-corrected chi connectivity index (χ3v) is 1.96. The van der Waals surface area contributed by atoms with Crippen molar-refractivity contribution in [1.82, 2.24) is 4.90 Å². The normalized spacial score (nSPS) is 17.4. The summed E-state index contributed by atoms with van der Waals surface area (Å²) in [6.07, 6.45) is 0. The molecule has 0 amide bonds. The zero-order valence-corrected chi connectivity index (χ0v) is 7.62. The second-order valence-electron chi connectivity index (χ2n) is 2.25. The molecule has 3 heteroatoms. The van der Waals surface area contributed by atoms with Gasteiger partial charge in [0.05, 0.1) is 13.2 Å². The van der Waals surface area contributed by atoms with E-state index in [4.69, 9.17) is 4.74 Å². The second-order valence-corrected chi connectivity index (χ2v) is 3.32. The highest BCUT2D eigenvalue weighted by molar-refractivity contribution is 8.03. The van der Waals surface area contributed by atoms with Crippen LogP contribution in [0.4, 0.5) is 0 Å². The first-order valence-electron chi connectivity index (χ1n) is 3.88. The highest BCUT2D eigenvalue weighted by Gasteiger charge is 2.04. The number of hydrogen-bond donors (Lipinski definition) is 0. The van der Waals surface area contributed by atoms with Crippen LogP contribution < -0.4 is 0 Å². The van der Waals surface area contributed by atoms with Crippen molar-refractivity contribution in [2.45, 2.75) is 6.92 Å². The maximum atomic E-state index is 5.19. The molecule has 0 aromatic heterocycles. The van der Waals surface area contributed by atoms with Crippen LogP contribution in [0.3, 0.4) is 0 Å². The molecule has 0 bridgehead atoms. The monoisotopic (exact) mass is 171 g/mol. The Kier molecular flexibility index (Phi) is 4.25. The molecular weight excluding hydrogens is 158 g/mol. The fraction of sp³-hybridized carbons (Fsp3) is 0.750.